The van der Waals surface area contributed by atoms with Gasteiger partial charge in [0.2, 0.25) is 0 Å². The molecule has 144 valence electrons. The predicted octanol–water partition coefficient (Wildman–Crippen LogP) is 3.32. The van der Waals surface area contributed by atoms with E-state index >= 15 is 0 Å². The predicted molar refractivity (Wildman–Crippen MR) is 95.7 cm³/mol. The second-order valence-corrected chi connectivity index (χ2v) is 5.92. The van der Waals surface area contributed by atoms with Gasteiger partial charge in [-0.1, -0.05) is 18.2 Å². The van der Waals surface area contributed by atoms with Gasteiger partial charge >= 0.3 is 5.97 Å². The maximum Gasteiger partial charge on any atom is 0.307 e. The average Bonchev–Trinajstić information content (AvgIpc) is 2.60. The Morgan fingerprint density at radius 1 is 1.04 bits per heavy atom. The normalized spacial score (nSPS) is 10.4. The van der Waals surface area contributed by atoms with Gasteiger partial charge in [0.1, 0.15) is 30.6 Å². The van der Waals surface area contributed by atoms with Gasteiger partial charge in [-0.3, -0.25) is 9.59 Å². The number of ether oxygens (including phenoxy) is 2. The lowest BCUT2D eigenvalue weighted by molar-refractivity contribution is -0.144. The summed E-state index contributed by atoms with van der Waals surface area (Å²) in [5, 5.41) is 2.39. The molecule has 0 heterocycles. The lowest BCUT2D eigenvalue weighted by atomic mass is 10.1. The van der Waals surface area contributed by atoms with Crippen molar-refractivity contribution in [3.63, 3.8) is 0 Å². The van der Waals surface area contributed by atoms with Crippen LogP contribution in [0.4, 0.5) is 8.78 Å². The van der Waals surface area contributed by atoms with E-state index in [0.29, 0.717) is 6.07 Å². The first-order chi connectivity index (χ1) is 12.9. The number of carbonyl (C=O) groups is 2. The van der Waals surface area contributed by atoms with Crippen molar-refractivity contribution < 1.29 is 27.8 Å². The third-order valence-corrected chi connectivity index (χ3v) is 3.79. The molecule has 0 bridgehead atoms. The molecule has 7 heteroatoms. The number of rotatable bonds is 8. The van der Waals surface area contributed by atoms with E-state index in [1.165, 1.54) is 0 Å². The largest absolute Gasteiger partial charge is 0.489 e. The Balaban J connectivity index is 1.67. The number of aryl methyl sites for hydroxylation is 2. The molecular weight excluding hydrogens is 356 g/mol. The highest BCUT2D eigenvalue weighted by Crippen LogP contribution is 2.22. The molecule has 0 unspecified atom stereocenters. The van der Waals surface area contributed by atoms with Crippen molar-refractivity contribution in [2.75, 3.05) is 19.8 Å². The quantitative estimate of drug-likeness (QED) is 0.566. The Labute approximate surface area is 156 Å². The van der Waals surface area contributed by atoms with Gasteiger partial charge in [0.05, 0.1) is 12.0 Å². The molecule has 0 aliphatic carbocycles. The van der Waals surface area contributed by atoms with E-state index in [0.717, 1.165) is 29.0 Å². The van der Waals surface area contributed by atoms with Crippen molar-refractivity contribution in [3.8, 4) is 5.75 Å². The highest BCUT2D eigenvalue weighted by molar-refractivity contribution is 5.94. The number of halogens is 2. The second-order valence-electron chi connectivity index (χ2n) is 5.92. The third-order valence-electron chi connectivity index (χ3n) is 3.79. The molecule has 0 saturated heterocycles. The number of nitrogens with one attached hydrogen (secondary N) is 1. The fourth-order valence-electron chi connectivity index (χ4n) is 2.45. The Hall–Kier alpha value is -2.96. The number of hydrogen-bond acceptors (Lipinski definition) is 4. The van der Waals surface area contributed by atoms with E-state index in [4.69, 9.17) is 9.47 Å². The van der Waals surface area contributed by atoms with Crippen LogP contribution in [0, 0.1) is 25.5 Å². The van der Waals surface area contributed by atoms with Crippen LogP contribution in [0.1, 0.15) is 27.9 Å². The smallest absolute Gasteiger partial charge is 0.307 e. The molecule has 0 spiro atoms. The number of benzene rings is 2. The van der Waals surface area contributed by atoms with Crippen LogP contribution in [0.25, 0.3) is 0 Å². The van der Waals surface area contributed by atoms with E-state index in [9.17, 15) is 18.4 Å². The van der Waals surface area contributed by atoms with Gasteiger partial charge in [0.25, 0.3) is 5.91 Å². The molecule has 0 aromatic heterocycles. The molecule has 2 aromatic carbocycles. The monoisotopic (exact) mass is 377 g/mol. The van der Waals surface area contributed by atoms with Crippen molar-refractivity contribution in [1.82, 2.24) is 5.32 Å². The summed E-state index contributed by atoms with van der Waals surface area (Å²) in [6.45, 7) is 4.13. The fraction of sp³-hybridized carbons (Fsp3) is 0.300. The number of amides is 1. The topological polar surface area (TPSA) is 64.6 Å². The maximum absolute atomic E-state index is 13.5. The first-order valence-corrected chi connectivity index (χ1v) is 8.46. The zero-order chi connectivity index (χ0) is 19.8. The Morgan fingerprint density at radius 2 is 1.74 bits per heavy atom. The van der Waals surface area contributed by atoms with Crippen molar-refractivity contribution in [2.45, 2.75) is 20.3 Å². The minimum absolute atomic E-state index is 0.0216. The van der Waals surface area contributed by atoms with Gasteiger partial charge in [0, 0.05) is 12.6 Å². The van der Waals surface area contributed by atoms with Crippen LogP contribution in [-0.4, -0.2) is 31.6 Å². The molecule has 1 amide bonds. The van der Waals surface area contributed by atoms with E-state index in [1.807, 2.05) is 32.0 Å². The summed E-state index contributed by atoms with van der Waals surface area (Å²) >= 11 is 0. The molecule has 0 aliphatic rings. The number of para-hydroxylation sites is 1. The summed E-state index contributed by atoms with van der Waals surface area (Å²) in [5.41, 5.74) is 1.71. The molecule has 2 aromatic rings. The van der Waals surface area contributed by atoms with Crippen molar-refractivity contribution in [2.24, 2.45) is 0 Å². The van der Waals surface area contributed by atoms with Crippen LogP contribution in [0.3, 0.4) is 0 Å². The number of hydrogen-bond donors (Lipinski definition) is 1. The van der Waals surface area contributed by atoms with Gasteiger partial charge in [-0.15, -0.1) is 0 Å². The van der Waals surface area contributed by atoms with Crippen LogP contribution in [0.5, 0.6) is 5.75 Å². The minimum Gasteiger partial charge on any atom is -0.489 e. The van der Waals surface area contributed by atoms with Gasteiger partial charge in [-0.2, -0.15) is 0 Å². The highest BCUT2D eigenvalue weighted by Gasteiger charge is 2.13. The van der Waals surface area contributed by atoms with Crippen molar-refractivity contribution in [3.05, 3.63) is 64.7 Å². The van der Waals surface area contributed by atoms with Crippen LogP contribution < -0.4 is 10.1 Å². The molecule has 1 N–H and O–H groups in total. The summed E-state index contributed by atoms with van der Waals surface area (Å²) in [7, 11) is 0. The third kappa shape index (κ3) is 6.06. The Kier molecular flexibility index (Phi) is 7.28. The van der Waals surface area contributed by atoms with Crippen LogP contribution in [0.2, 0.25) is 0 Å². The minimum atomic E-state index is -0.960. The molecular formula is C20H21F2NO4. The molecule has 0 radical (unpaired) electrons. The molecule has 0 aliphatic heterocycles. The maximum atomic E-state index is 13.5. The number of carbonyl (C=O) groups excluding carboxylic acids is 2. The molecule has 0 atom stereocenters. The Morgan fingerprint density at radius 3 is 2.41 bits per heavy atom. The van der Waals surface area contributed by atoms with Gasteiger partial charge in [-0.05, 0) is 37.1 Å². The molecule has 5 nitrogen and oxygen atoms in total. The van der Waals surface area contributed by atoms with Crippen molar-refractivity contribution in [1.29, 1.82) is 0 Å². The van der Waals surface area contributed by atoms with E-state index in [1.54, 1.807) is 0 Å². The summed E-state index contributed by atoms with van der Waals surface area (Å²) in [4.78, 5) is 23.5. The SMILES string of the molecule is Cc1cccc(C)c1OCCOC(=O)CCNC(=O)c1ccc(F)cc1F. The van der Waals surface area contributed by atoms with Crippen LogP contribution in [0.15, 0.2) is 36.4 Å². The highest BCUT2D eigenvalue weighted by atomic mass is 19.1. The molecule has 2 rings (SSSR count). The fourth-order valence-corrected chi connectivity index (χ4v) is 2.45. The first kappa shape index (κ1) is 20.4. The second kappa shape index (κ2) is 9.66. The standard InChI is InChI=1S/C20H21F2NO4/c1-13-4-3-5-14(2)19(13)27-11-10-26-18(24)8-9-23-20(25)16-7-6-15(21)12-17(16)22/h3-7,12H,8-11H2,1-2H3,(H,23,25). The first-order valence-electron chi connectivity index (χ1n) is 8.46. The van der Waals surface area contributed by atoms with E-state index in [2.05, 4.69) is 5.32 Å². The molecule has 0 saturated carbocycles. The lowest BCUT2D eigenvalue weighted by Crippen LogP contribution is -2.27. The summed E-state index contributed by atoms with van der Waals surface area (Å²) in [6, 6.07) is 8.45. The molecule has 27 heavy (non-hydrogen) atoms. The average molecular weight is 377 g/mol. The summed E-state index contributed by atoms with van der Waals surface area (Å²) in [5.74, 6) is -2.20. The van der Waals surface area contributed by atoms with Crippen molar-refractivity contribution >= 4 is 11.9 Å². The summed E-state index contributed by atoms with van der Waals surface area (Å²) in [6.07, 6.45) is -0.0715. The van der Waals surface area contributed by atoms with Gasteiger partial charge in [0.15, 0.2) is 0 Å². The van der Waals surface area contributed by atoms with Crippen LogP contribution in [-0.2, 0) is 9.53 Å². The van der Waals surface area contributed by atoms with E-state index < -0.39 is 23.5 Å². The number of esters is 1. The molecule has 0 fully saturated rings. The van der Waals surface area contributed by atoms with Crippen LogP contribution >= 0.6 is 0 Å². The lowest BCUT2D eigenvalue weighted by Gasteiger charge is -2.12. The zero-order valence-electron chi connectivity index (χ0n) is 15.2. The van der Waals surface area contributed by atoms with Gasteiger partial charge < -0.3 is 14.8 Å². The van der Waals surface area contributed by atoms with E-state index in [-0.39, 0.29) is 31.7 Å². The zero-order valence-corrected chi connectivity index (χ0v) is 15.2. The Bertz CT molecular complexity index is 803. The van der Waals surface area contributed by atoms with Gasteiger partial charge in [-0.25, -0.2) is 8.78 Å². The summed E-state index contributed by atoms with van der Waals surface area (Å²) < 4.78 is 37.0.